The van der Waals surface area contributed by atoms with E-state index in [0.29, 0.717) is 41.1 Å². The third kappa shape index (κ3) is 9.32. The molecule has 2 aliphatic rings. The molecule has 13 heteroatoms. The number of aryl methyl sites for hydroxylation is 2. The van der Waals surface area contributed by atoms with Gasteiger partial charge in [-0.25, -0.2) is 18.6 Å². The summed E-state index contributed by atoms with van der Waals surface area (Å²) in [7, 11) is 0. The maximum Gasteiger partial charge on any atom is 0.347 e. The van der Waals surface area contributed by atoms with Crippen LogP contribution >= 0.6 is 11.8 Å². The van der Waals surface area contributed by atoms with Crippen LogP contribution in [0.15, 0.2) is 75.4 Å². The van der Waals surface area contributed by atoms with Gasteiger partial charge in [0.15, 0.2) is 5.17 Å². The first kappa shape index (κ1) is 33.5. The number of aliphatic imine (C=N–C) groups is 3. The van der Waals surface area contributed by atoms with Gasteiger partial charge >= 0.3 is 6.03 Å². The Labute approximate surface area is 265 Å². The molecule has 2 aromatic rings. The zero-order valence-electron chi connectivity index (χ0n) is 25.3. The van der Waals surface area contributed by atoms with Crippen molar-refractivity contribution in [3.8, 4) is 0 Å². The number of rotatable bonds is 12. The second-order valence-corrected chi connectivity index (χ2v) is 11.2. The number of amidine groups is 2. The number of nitrogens with two attached hydrogens (primary N) is 1. The summed E-state index contributed by atoms with van der Waals surface area (Å²) in [6.07, 6.45) is 6.63. The molecule has 2 unspecified atom stereocenters. The van der Waals surface area contributed by atoms with E-state index in [4.69, 9.17) is 15.2 Å². The molecule has 1 heterocycles. The Hall–Kier alpha value is -4.36. The monoisotopic (exact) mass is 638 g/mol. The molecule has 238 valence electrons. The summed E-state index contributed by atoms with van der Waals surface area (Å²) < 4.78 is 35.9. The number of halogens is 2. The van der Waals surface area contributed by atoms with E-state index in [1.807, 2.05) is 38.1 Å². The molecule has 1 aliphatic carbocycles. The number of amides is 3. The van der Waals surface area contributed by atoms with E-state index in [1.54, 1.807) is 30.4 Å². The van der Waals surface area contributed by atoms with Gasteiger partial charge in [-0.3, -0.25) is 14.7 Å². The summed E-state index contributed by atoms with van der Waals surface area (Å²) in [6.45, 7) is 4.40. The SMILES string of the molecule is CCc1cc(C(N)=NC=NC2C=CC(OCF)=CC2)ccc1NC(=O)/N=C1\SCC(=O)N1c1cc(C)ccc1COCC(C)F. The largest absolute Gasteiger partial charge is 0.463 e. The molecule has 3 amide bonds. The fourth-order valence-corrected chi connectivity index (χ4v) is 5.40. The zero-order valence-corrected chi connectivity index (χ0v) is 26.2. The molecule has 2 atom stereocenters. The number of nitrogens with zero attached hydrogens (tertiary/aromatic N) is 4. The average molecular weight is 639 g/mol. The Kier molecular flexibility index (Phi) is 12.0. The van der Waals surface area contributed by atoms with Gasteiger partial charge in [-0.15, -0.1) is 0 Å². The summed E-state index contributed by atoms with van der Waals surface area (Å²) in [5.41, 5.74) is 10.3. The highest BCUT2D eigenvalue weighted by Gasteiger charge is 2.32. The lowest BCUT2D eigenvalue weighted by atomic mass is 10.1. The predicted molar refractivity (Wildman–Crippen MR) is 176 cm³/mol. The first-order valence-electron chi connectivity index (χ1n) is 14.4. The Balaban J connectivity index is 1.46. The van der Waals surface area contributed by atoms with E-state index in [2.05, 4.69) is 20.3 Å². The van der Waals surface area contributed by atoms with Crippen molar-refractivity contribution in [3.63, 3.8) is 0 Å². The molecule has 3 N–H and O–H groups in total. The number of hydrogen-bond donors (Lipinski definition) is 2. The van der Waals surface area contributed by atoms with E-state index in [1.165, 1.54) is 18.2 Å². The van der Waals surface area contributed by atoms with Gasteiger partial charge in [-0.1, -0.05) is 36.9 Å². The average Bonchev–Trinajstić information content (AvgIpc) is 3.37. The van der Waals surface area contributed by atoms with Gasteiger partial charge in [0.2, 0.25) is 12.8 Å². The minimum absolute atomic E-state index is 0.0702. The fraction of sp³-hybridized carbons (Fsp3) is 0.344. The van der Waals surface area contributed by atoms with Gasteiger partial charge in [0.25, 0.3) is 0 Å². The number of alkyl halides is 2. The highest BCUT2D eigenvalue weighted by atomic mass is 32.2. The van der Waals surface area contributed by atoms with Gasteiger partial charge < -0.3 is 20.5 Å². The molecule has 2 aromatic carbocycles. The van der Waals surface area contributed by atoms with Crippen LogP contribution < -0.4 is 16.0 Å². The van der Waals surface area contributed by atoms with Gasteiger partial charge in [-0.2, -0.15) is 4.99 Å². The van der Waals surface area contributed by atoms with Gasteiger partial charge in [-0.05, 0) is 74.2 Å². The van der Waals surface area contributed by atoms with E-state index >= 15 is 0 Å². The Morgan fingerprint density at radius 2 is 2.09 bits per heavy atom. The van der Waals surface area contributed by atoms with E-state index in [0.717, 1.165) is 22.9 Å². The van der Waals surface area contributed by atoms with Crippen LogP contribution in [0.1, 0.15) is 42.5 Å². The zero-order chi connectivity index (χ0) is 32.3. The fourth-order valence-electron chi connectivity index (χ4n) is 4.54. The van der Waals surface area contributed by atoms with Crippen molar-refractivity contribution in [1.82, 2.24) is 0 Å². The third-order valence-corrected chi connectivity index (χ3v) is 7.72. The molecular formula is C32H36F2N6O4S. The number of hydrogen-bond acceptors (Lipinski definition) is 6. The minimum atomic E-state index is -1.12. The van der Waals surface area contributed by atoms with Crippen LogP contribution in [-0.4, -0.2) is 60.7 Å². The smallest absolute Gasteiger partial charge is 0.347 e. The topological polar surface area (TPSA) is 131 Å². The predicted octanol–water partition coefficient (Wildman–Crippen LogP) is 5.99. The van der Waals surface area contributed by atoms with Crippen LogP contribution in [0.2, 0.25) is 0 Å². The van der Waals surface area contributed by atoms with Crippen LogP contribution in [0.25, 0.3) is 0 Å². The minimum Gasteiger partial charge on any atom is -0.463 e. The molecule has 0 bridgehead atoms. The first-order valence-corrected chi connectivity index (χ1v) is 15.4. The Morgan fingerprint density at radius 3 is 2.80 bits per heavy atom. The number of nitrogens with one attached hydrogen (secondary N) is 1. The molecule has 0 spiro atoms. The normalized spacial score (nSPS) is 18.5. The highest BCUT2D eigenvalue weighted by molar-refractivity contribution is 8.15. The Morgan fingerprint density at radius 1 is 1.27 bits per heavy atom. The van der Waals surface area contributed by atoms with Crippen molar-refractivity contribution in [3.05, 3.63) is 82.6 Å². The van der Waals surface area contributed by atoms with Gasteiger partial charge in [0.1, 0.15) is 24.1 Å². The van der Waals surface area contributed by atoms with Crippen molar-refractivity contribution in [1.29, 1.82) is 0 Å². The Bertz CT molecular complexity index is 1560. The highest BCUT2D eigenvalue weighted by Crippen LogP contribution is 2.31. The molecule has 1 fully saturated rings. The van der Waals surface area contributed by atoms with Crippen molar-refractivity contribution >= 4 is 52.4 Å². The molecule has 0 radical (unpaired) electrons. The third-order valence-electron chi connectivity index (χ3n) is 6.79. The van der Waals surface area contributed by atoms with E-state index in [-0.39, 0.29) is 41.9 Å². The number of carbonyl (C=O) groups excluding carboxylic acids is 2. The summed E-state index contributed by atoms with van der Waals surface area (Å²) >= 11 is 1.16. The first-order chi connectivity index (χ1) is 21.7. The van der Waals surface area contributed by atoms with E-state index < -0.39 is 19.1 Å². The summed E-state index contributed by atoms with van der Waals surface area (Å²) in [5, 5.41) is 3.05. The molecule has 45 heavy (non-hydrogen) atoms. The second-order valence-electron chi connectivity index (χ2n) is 10.3. The molecular weight excluding hydrogens is 602 g/mol. The number of thioether (sulfide) groups is 1. The standard InChI is InChI=1S/C32H36F2N6O4S/c1-4-22-14-23(30(35)37-19-36-25-8-10-26(11-9-25)44-18-33)7-12-27(22)38-31(42)39-32-40(29(41)17-45-32)28-13-20(2)5-6-24(28)16-43-15-21(3)34/h5-8,10-14,19,21,25H,4,9,15-18H2,1-3H3,(H,38,42)(H2,35,36,37)/b39-32-. The van der Waals surface area contributed by atoms with Gasteiger partial charge in [0.05, 0.1) is 30.7 Å². The van der Waals surface area contributed by atoms with Crippen LogP contribution in [-0.2, 0) is 27.3 Å². The molecule has 1 aliphatic heterocycles. The quantitative estimate of drug-likeness (QED) is 0.217. The lowest BCUT2D eigenvalue weighted by molar-refractivity contribution is -0.115. The van der Waals surface area contributed by atoms with Crippen molar-refractivity contribution in [2.75, 3.05) is 29.4 Å². The molecule has 0 saturated carbocycles. The molecule has 1 saturated heterocycles. The molecule has 0 aromatic heterocycles. The number of carbonyl (C=O) groups is 2. The summed E-state index contributed by atoms with van der Waals surface area (Å²) in [4.78, 5) is 40.2. The maximum absolute atomic E-state index is 13.3. The molecule has 4 rings (SSSR count). The second kappa shape index (κ2) is 16.1. The van der Waals surface area contributed by atoms with Crippen molar-refractivity contribution in [2.45, 2.75) is 52.4 Å². The lowest BCUT2D eigenvalue weighted by Gasteiger charge is -2.21. The number of ether oxygens (including phenoxy) is 2. The lowest BCUT2D eigenvalue weighted by Crippen LogP contribution is -2.31. The van der Waals surface area contributed by atoms with Crippen molar-refractivity contribution in [2.24, 2.45) is 20.7 Å². The van der Waals surface area contributed by atoms with Gasteiger partial charge in [0, 0.05) is 16.8 Å². The van der Waals surface area contributed by atoms with Crippen molar-refractivity contribution < 1.29 is 27.8 Å². The summed E-state index contributed by atoms with van der Waals surface area (Å²) in [6, 6.07) is 10.0. The number of allylic oxidation sites excluding steroid dienone is 1. The van der Waals surface area contributed by atoms with Crippen LogP contribution in [0, 0.1) is 6.92 Å². The summed E-state index contributed by atoms with van der Waals surface area (Å²) in [5.74, 6) is 0.623. The van der Waals surface area contributed by atoms with Crippen LogP contribution in [0.4, 0.5) is 25.0 Å². The van der Waals surface area contributed by atoms with Crippen LogP contribution in [0.5, 0.6) is 0 Å². The van der Waals surface area contributed by atoms with Crippen LogP contribution in [0.3, 0.4) is 0 Å². The maximum atomic E-state index is 13.3. The molecule has 10 nitrogen and oxygen atoms in total. The number of anilines is 2. The van der Waals surface area contributed by atoms with E-state index in [9.17, 15) is 18.4 Å². The number of benzene rings is 2. The number of urea groups is 1.